The second kappa shape index (κ2) is 8.88. The van der Waals surface area contributed by atoms with Crippen LogP contribution in [0.25, 0.3) is 0 Å². The number of ether oxygens (including phenoxy) is 1. The Bertz CT molecular complexity index is 668. The van der Waals surface area contributed by atoms with Gasteiger partial charge in [0.2, 0.25) is 0 Å². The molecule has 1 aromatic carbocycles. The second-order valence-electron chi connectivity index (χ2n) is 7.60. The van der Waals surface area contributed by atoms with Gasteiger partial charge in [-0.2, -0.15) is 0 Å². The van der Waals surface area contributed by atoms with Gasteiger partial charge in [0, 0.05) is 19.1 Å². The normalized spacial score (nSPS) is 17.7. The summed E-state index contributed by atoms with van der Waals surface area (Å²) in [5.41, 5.74) is 0.794. The van der Waals surface area contributed by atoms with Gasteiger partial charge >= 0.3 is 5.97 Å². The zero-order chi connectivity index (χ0) is 19.2. The van der Waals surface area contributed by atoms with E-state index >= 15 is 0 Å². The van der Waals surface area contributed by atoms with Crippen molar-refractivity contribution in [2.24, 2.45) is 16.3 Å². The van der Waals surface area contributed by atoms with Crippen LogP contribution < -0.4 is 0 Å². The predicted molar refractivity (Wildman–Crippen MR) is 101 cm³/mol. The number of nitrogens with zero attached hydrogens (tertiary/aromatic N) is 1. The maximum Gasteiger partial charge on any atom is 0.338 e. The van der Waals surface area contributed by atoms with Crippen molar-refractivity contribution in [2.45, 2.75) is 52.9 Å². The van der Waals surface area contributed by atoms with Crippen molar-refractivity contribution in [3.8, 4) is 0 Å². The Morgan fingerprint density at radius 1 is 1.15 bits per heavy atom. The maximum absolute atomic E-state index is 12.2. The smallest absolute Gasteiger partial charge is 0.338 e. The number of esters is 1. The number of ketones is 2. The summed E-state index contributed by atoms with van der Waals surface area (Å²) in [7, 11) is 0. The predicted octanol–water partition coefficient (Wildman–Crippen LogP) is 4.31. The standard InChI is InChI=1S/C21H27NO4/c1-4-5-6-11-26-20(25)15-7-9-16(10-8-15)22-14-17-18(23)12-21(2,3)13-19(17)24/h7-10,14,17H,4-6,11-13H2,1-3H3. The average Bonchev–Trinajstić information content (AvgIpc) is 2.57. The summed E-state index contributed by atoms with van der Waals surface area (Å²) in [4.78, 5) is 40.5. The number of rotatable bonds is 7. The van der Waals surface area contributed by atoms with Gasteiger partial charge in [-0.1, -0.05) is 33.6 Å². The summed E-state index contributed by atoms with van der Waals surface area (Å²) < 4.78 is 5.21. The molecule has 0 aliphatic heterocycles. The summed E-state index contributed by atoms with van der Waals surface area (Å²) in [5.74, 6) is -1.27. The van der Waals surface area contributed by atoms with Gasteiger partial charge in [0.05, 0.1) is 17.9 Å². The number of carbonyl (C=O) groups excluding carboxylic acids is 3. The molecule has 140 valence electrons. The maximum atomic E-state index is 12.2. The average molecular weight is 357 g/mol. The lowest BCUT2D eigenvalue weighted by molar-refractivity contribution is -0.136. The van der Waals surface area contributed by atoms with E-state index in [4.69, 9.17) is 4.74 Å². The minimum absolute atomic E-state index is 0.0812. The molecule has 0 bridgehead atoms. The molecule has 0 N–H and O–H groups in total. The van der Waals surface area contributed by atoms with Crippen LogP contribution in [0.4, 0.5) is 5.69 Å². The van der Waals surface area contributed by atoms with Crippen molar-refractivity contribution in [1.82, 2.24) is 0 Å². The van der Waals surface area contributed by atoms with Crippen LogP contribution in [0.2, 0.25) is 0 Å². The van der Waals surface area contributed by atoms with Gasteiger partial charge < -0.3 is 4.74 Å². The third-order valence-electron chi connectivity index (χ3n) is 4.46. The fourth-order valence-electron chi connectivity index (χ4n) is 3.02. The Morgan fingerprint density at radius 2 is 1.77 bits per heavy atom. The Hall–Kier alpha value is -2.30. The molecule has 0 unspecified atom stereocenters. The van der Waals surface area contributed by atoms with Crippen LogP contribution >= 0.6 is 0 Å². The van der Waals surface area contributed by atoms with Crippen molar-refractivity contribution in [1.29, 1.82) is 0 Å². The number of hydrogen-bond acceptors (Lipinski definition) is 5. The molecule has 0 saturated heterocycles. The summed E-state index contributed by atoms with van der Waals surface area (Å²) in [5, 5.41) is 0. The highest BCUT2D eigenvalue weighted by Gasteiger charge is 2.38. The zero-order valence-electron chi connectivity index (χ0n) is 15.8. The third-order valence-corrected chi connectivity index (χ3v) is 4.46. The van der Waals surface area contributed by atoms with Gasteiger partial charge in [-0.3, -0.25) is 14.6 Å². The molecule has 1 fully saturated rings. The van der Waals surface area contributed by atoms with Gasteiger partial charge in [-0.05, 0) is 36.1 Å². The first-order chi connectivity index (χ1) is 12.3. The van der Waals surface area contributed by atoms with E-state index in [0.717, 1.165) is 19.3 Å². The number of aliphatic imine (C=N–C) groups is 1. The molecule has 1 aliphatic rings. The SMILES string of the molecule is CCCCCOC(=O)c1ccc(N=CC2C(=O)CC(C)(C)CC2=O)cc1. The van der Waals surface area contributed by atoms with E-state index in [1.54, 1.807) is 24.3 Å². The number of Topliss-reactive ketones (excluding diaryl/α,β-unsaturated/α-hetero) is 2. The first-order valence-corrected chi connectivity index (χ1v) is 9.19. The Morgan fingerprint density at radius 3 is 2.35 bits per heavy atom. The number of benzene rings is 1. The van der Waals surface area contributed by atoms with Crippen LogP contribution in [0.5, 0.6) is 0 Å². The Balaban J connectivity index is 1.94. The number of hydrogen-bond donors (Lipinski definition) is 0. The fraction of sp³-hybridized carbons (Fsp3) is 0.524. The first kappa shape index (κ1) is 20.0. The van der Waals surface area contributed by atoms with Crippen LogP contribution in [0, 0.1) is 11.3 Å². The minimum Gasteiger partial charge on any atom is -0.462 e. The molecular formula is C21H27NO4. The molecule has 0 spiro atoms. The summed E-state index contributed by atoms with van der Waals surface area (Å²) >= 11 is 0. The monoisotopic (exact) mass is 357 g/mol. The topological polar surface area (TPSA) is 72.8 Å². The summed E-state index contributed by atoms with van der Waals surface area (Å²) in [6, 6.07) is 6.65. The van der Waals surface area contributed by atoms with Gasteiger partial charge in [-0.25, -0.2) is 4.79 Å². The lowest BCUT2D eigenvalue weighted by Gasteiger charge is -2.30. The van der Waals surface area contributed by atoms with E-state index < -0.39 is 5.92 Å². The van der Waals surface area contributed by atoms with Crippen molar-refractivity contribution in [3.63, 3.8) is 0 Å². The van der Waals surface area contributed by atoms with Gasteiger partial charge in [0.1, 0.15) is 17.5 Å². The molecule has 5 nitrogen and oxygen atoms in total. The van der Waals surface area contributed by atoms with E-state index in [1.807, 2.05) is 13.8 Å². The van der Waals surface area contributed by atoms with E-state index in [-0.39, 0.29) is 23.0 Å². The van der Waals surface area contributed by atoms with Crippen molar-refractivity contribution in [2.75, 3.05) is 6.61 Å². The Kier molecular flexibility index (Phi) is 6.83. The van der Waals surface area contributed by atoms with Crippen LogP contribution in [0.1, 0.15) is 63.2 Å². The van der Waals surface area contributed by atoms with Gasteiger partial charge in [0.15, 0.2) is 0 Å². The lowest BCUT2D eigenvalue weighted by atomic mass is 9.72. The number of carbonyl (C=O) groups is 3. The molecule has 5 heteroatoms. The highest BCUT2D eigenvalue weighted by Crippen LogP contribution is 2.33. The summed E-state index contributed by atoms with van der Waals surface area (Å²) in [6.45, 7) is 6.37. The molecule has 1 aliphatic carbocycles. The molecule has 0 atom stereocenters. The van der Waals surface area contributed by atoms with Crippen LogP contribution in [0.15, 0.2) is 29.3 Å². The van der Waals surface area contributed by atoms with E-state index in [0.29, 0.717) is 30.7 Å². The molecular weight excluding hydrogens is 330 g/mol. The fourth-order valence-corrected chi connectivity index (χ4v) is 3.02. The molecule has 0 aromatic heterocycles. The van der Waals surface area contributed by atoms with Gasteiger partial charge in [0.25, 0.3) is 0 Å². The van der Waals surface area contributed by atoms with E-state index in [1.165, 1.54) is 6.21 Å². The molecule has 1 saturated carbocycles. The molecule has 2 rings (SSSR count). The molecule has 0 amide bonds. The summed E-state index contributed by atoms with van der Waals surface area (Å²) in [6.07, 6.45) is 5.18. The quantitative estimate of drug-likeness (QED) is 0.315. The molecule has 26 heavy (non-hydrogen) atoms. The minimum atomic E-state index is -0.758. The number of unbranched alkanes of at least 4 members (excludes halogenated alkanes) is 2. The molecule has 0 heterocycles. The largest absolute Gasteiger partial charge is 0.462 e. The van der Waals surface area contributed by atoms with E-state index in [9.17, 15) is 14.4 Å². The van der Waals surface area contributed by atoms with Crippen LogP contribution in [0.3, 0.4) is 0 Å². The lowest BCUT2D eigenvalue weighted by Crippen LogP contribution is -2.38. The molecule has 0 radical (unpaired) electrons. The first-order valence-electron chi connectivity index (χ1n) is 9.19. The van der Waals surface area contributed by atoms with Crippen molar-refractivity contribution < 1.29 is 19.1 Å². The highest BCUT2D eigenvalue weighted by atomic mass is 16.5. The molecule has 1 aromatic rings. The van der Waals surface area contributed by atoms with Gasteiger partial charge in [-0.15, -0.1) is 0 Å². The van der Waals surface area contributed by atoms with Crippen molar-refractivity contribution >= 4 is 29.4 Å². The highest BCUT2D eigenvalue weighted by molar-refractivity contribution is 6.16. The zero-order valence-corrected chi connectivity index (χ0v) is 15.8. The Labute approximate surface area is 154 Å². The van der Waals surface area contributed by atoms with Crippen LogP contribution in [-0.2, 0) is 14.3 Å². The second-order valence-corrected chi connectivity index (χ2v) is 7.60. The van der Waals surface area contributed by atoms with E-state index in [2.05, 4.69) is 11.9 Å². The van der Waals surface area contributed by atoms with Crippen molar-refractivity contribution in [3.05, 3.63) is 29.8 Å². The van der Waals surface area contributed by atoms with Crippen LogP contribution in [-0.4, -0.2) is 30.4 Å². The third kappa shape index (κ3) is 5.61.